The van der Waals surface area contributed by atoms with Gasteiger partial charge in [0.15, 0.2) is 0 Å². The van der Waals surface area contributed by atoms with Crippen LogP contribution in [0.25, 0.3) is 0 Å². The van der Waals surface area contributed by atoms with Gasteiger partial charge in [0.05, 0.1) is 13.2 Å². The molecule has 188 valence electrons. The van der Waals surface area contributed by atoms with Crippen LogP contribution >= 0.6 is 0 Å². The highest BCUT2D eigenvalue weighted by Crippen LogP contribution is 2.13. The van der Waals surface area contributed by atoms with Crippen LogP contribution in [0.5, 0.6) is 0 Å². The summed E-state index contributed by atoms with van der Waals surface area (Å²) in [6.45, 7) is 11.0. The second kappa shape index (κ2) is 13.1. The maximum Gasteiger partial charge on any atom is 0.320 e. The van der Waals surface area contributed by atoms with Crippen molar-refractivity contribution in [2.24, 2.45) is 0 Å². The first kappa shape index (κ1) is 24.9. The molecule has 3 aliphatic rings. The number of aryl methyl sites for hydroxylation is 1. The molecule has 0 saturated carbocycles. The molecule has 0 unspecified atom stereocenters. The van der Waals surface area contributed by atoms with Crippen molar-refractivity contribution in [3.8, 4) is 0 Å². The van der Waals surface area contributed by atoms with E-state index in [1.807, 2.05) is 9.80 Å². The molecule has 3 amide bonds. The lowest BCUT2D eigenvalue weighted by molar-refractivity contribution is -0.121. The lowest BCUT2D eigenvalue weighted by Crippen LogP contribution is -2.54. The fourth-order valence-corrected chi connectivity index (χ4v) is 5.00. The van der Waals surface area contributed by atoms with Crippen molar-refractivity contribution in [1.82, 2.24) is 24.9 Å². The zero-order valence-corrected chi connectivity index (χ0v) is 20.6. The van der Waals surface area contributed by atoms with Crippen molar-refractivity contribution < 1.29 is 14.3 Å². The molecule has 8 nitrogen and oxygen atoms in total. The van der Waals surface area contributed by atoms with Crippen molar-refractivity contribution in [3.05, 3.63) is 35.4 Å². The lowest BCUT2D eigenvalue weighted by Gasteiger charge is -2.38. The van der Waals surface area contributed by atoms with Gasteiger partial charge in [-0.05, 0) is 43.5 Å². The molecule has 4 rings (SSSR count). The average molecular weight is 472 g/mol. The first-order valence-electron chi connectivity index (χ1n) is 13.1. The molecule has 3 aliphatic heterocycles. The molecule has 1 aromatic carbocycles. The van der Waals surface area contributed by atoms with Crippen molar-refractivity contribution in [2.75, 3.05) is 78.7 Å². The molecule has 0 bridgehead atoms. The fourth-order valence-electron chi connectivity index (χ4n) is 5.00. The molecule has 8 heteroatoms. The molecule has 0 spiro atoms. The molecule has 3 fully saturated rings. The number of ether oxygens (including phenoxy) is 1. The predicted molar refractivity (Wildman–Crippen MR) is 133 cm³/mol. The summed E-state index contributed by atoms with van der Waals surface area (Å²) < 4.78 is 5.35. The summed E-state index contributed by atoms with van der Waals surface area (Å²) in [5.74, 6) is 0.144. The Morgan fingerprint density at radius 3 is 2.12 bits per heavy atom. The molecule has 0 aromatic heterocycles. The van der Waals surface area contributed by atoms with E-state index in [1.165, 1.54) is 43.5 Å². The molecule has 34 heavy (non-hydrogen) atoms. The van der Waals surface area contributed by atoms with Crippen molar-refractivity contribution in [3.63, 3.8) is 0 Å². The van der Waals surface area contributed by atoms with Gasteiger partial charge in [0.2, 0.25) is 5.91 Å². The second-order valence-electron chi connectivity index (χ2n) is 9.71. The van der Waals surface area contributed by atoms with Gasteiger partial charge < -0.3 is 24.8 Å². The summed E-state index contributed by atoms with van der Waals surface area (Å²) in [4.78, 5) is 33.6. The normalized spacial score (nSPS) is 20.4. The molecule has 3 heterocycles. The number of urea groups is 1. The quantitative estimate of drug-likeness (QED) is 0.626. The van der Waals surface area contributed by atoms with Gasteiger partial charge in [-0.2, -0.15) is 0 Å². The van der Waals surface area contributed by atoms with E-state index in [1.54, 1.807) is 0 Å². The number of piperidine rings is 1. The second-order valence-corrected chi connectivity index (χ2v) is 9.71. The van der Waals surface area contributed by atoms with Crippen molar-refractivity contribution >= 4 is 11.9 Å². The van der Waals surface area contributed by atoms with Crippen LogP contribution in [0, 0.1) is 0 Å². The van der Waals surface area contributed by atoms with Gasteiger partial charge in [0.1, 0.15) is 0 Å². The fraction of sp³-hybridized carbons (Fsp3) is 0.692. The van der Waals surface area contributed by atoms with Crippen LogP contribution in [0.3, 0.4) is 0 Å². The number of morpholine rings is 1. The highest BCUT2D eigenvalue weighted by atomic mass is 16.5. The Hall–Kier alpha value is -2.16. The number of benzene rings is 1. The monoisotopic (exact) mass is 471 g/mol. The van der Waals surface area contributed by atoms with Crippen LogP contribution in [-0.4, -0.2) is 110 Å². The molecular weight excluding hydrogens is 430 g/mol. The van der Waals surface area contributed by atoms with Crippen LogP contribution < -0.4 is 5.32 Å². The number of likely N-dealkylation sites (tertiary alicyclic amines) is 1. The Kier molecular flexibility index (Phi) is 9.59. The third-order valence-corrected chi connectivity index (χ3v) is 7.19. The number of carbonyl (C=O) groups excluding carboxylic acids is 2. The number of rotatable bonds is 8. The minimum atomic E-state index is 0.144. The van der Waals surface area contributed by atoms with Crippen LogP contribution in [0.15, 0.2) is 24.3 Å². The van der Waals surface area contributed by atoms with Crippen LogP contribution in [0.1, 0.15) is 36.8 Å². The number of piperazine rings is 1. The third-order valence-electron chi connectivity index (χ3n) is 7.19. The summed E-state index contributed by atoms with van der Waals surface area (Å²) in [7, 11) is 0. The van der Waals surface area contributed by atoms with E-state index in [2.05, 4.69) is 39.4 Å². The number of hydrogen-bond donors (Lipinski definition) is 1. The van der Waals surface area contributed by atoms with E-state index in [-0.39, 0.29) is 11.9 Å². The summed E-state index contributed by atoms with van der Waals surface area (Å²) in [6, 6.07) is 8.80. The highest BCUT2D eigenvalue weighted by molar-refractivity contribution is 5.76. The first-order valence-corrected chi connectivity index (χ1v) is 13.1. The van der Waals surface area contributed by atoms with E-state index in [4.69, 9.17) is 4.74 Å². The largest absolute Gasteiger partial charge is 0.378 e. The summed E-state index contributed by atoms with van der Waals surface area (Å²) in [5, 5.41) is 3.07. The smallest absolute Gasteiger partial charge is 0.320 e. The molecule has 0 radical (unpaired) electrons. The Bertz CT molecular complexity index is 767. The topological polar surface area (TPSA) is 68.4 Å². The van der Waals surface area contributed by atoms with E-state index >= 15 is 0 Å². The van der Waals surface area contributed by atoms with E-state index in [0.29, 0.717) is 32.7 Å². The van der Waals surface area contributed by atoms with Gasteiger partial charge in [0, 0.05) is 65.3 Å². The zero-order valence-electron chi connectivity index (χ0n) is 20.6. The van der Waals surface area contributed by atoms with Gasteiger partial charge in [-0.1, -0.05) is 30.7 Å². The summed E-state index contributed by atoms with van der Waals surface area (Å²) in [5.41, 5.74) is 2.48. The first-order chi connectivity index (χ1) is 16.7. The SMILES string of the molecule is O=C(CCc1ccc(CN2CCN(C(=O)N3CCOCC3)CC2)cc1)NCCN1CCCCC1. The molecule has 1 aromatic rings. The Morgan fingerprint density at radius 1 is 0.765 bits per heavy atom. The summed E-state index contributed by atoms with van der Waals surface area (Å²) in [6.07, 6.45) is 5.23. The lowest BCUT2D eigenvalue weighted by atomic mass is 10.1. The third kappa shape index (κ3) is 7.68. The van der Waals surface area contributed by atoms with Crippen molar-refractivity contribution in [2.45, 2.75) is 38.6 Å². The Labute approximate surface area is 204 Å². The van der Waals surface area contributed by atoms with Gasteiger partial charge in [-0.25, -0.2) is 4.79 Å². The van der Waals surface area contributed by atoms with E-state index in [0.717, 1.165) is 52.2 Å². The number of amides is 3. The van der Waals surface area contributed by atoms with Gasteiger partial charge >= 0.3 is 6.03 Å². The zero-order chi connectivity index (χ0) is 23.6. The van der Waals surface area contributed by atoms with Crippen LogP contribution in [0.4, 0.5) is 4.79 Å². The summed E-state index contributed by atoms with van der Waals surface area (Å²) >= 11 is 0. The van der Waals surface area contributed by atoms with Gasteiger partial charge in [-0.3, -0.25) is 9.69 Å². The number of nitrogens with one attached hydrogen (secondary N) is 1. The minimum Gasteiger partial charge on any atom is -0.378 e. The molecule has 1 N–H and O–H groups in total. The standard InChI is InChI=1S/C26H41N5O3/c32-25(27-10-13-28-11-2-1-3-12-28)9-8-23-4-6-24(7-5-23)22-29-14-16-30(17-15-29)26(33)31-18-20-34-21-19-31/h4-7H,1-3,8-22H2,(H,27,32). The molecule has 3 saturated heterocycles. The minimum absolute atomic E-state index is 0.144. The van der Waals surface area contributed by atoms with Crippen LogP contribution in [0.2, 0.25) is 0 Å². The predicted octanol–water partition coefficient (Wildman–Crippen LogP) is 1.79. The molecular formula is C26H41N5O3. The van der Waals surface area contributed by atoms with E-state index in [9.17, 15) is 9.59 Å². The maximum atomic E-state index is 12.6. The van der Waals surface area contributed by atoms with Crippen molar-refractivity contribution in [1.29, 1.82) is 0 Å². The number of carbonyl (C=O) groups is 2. The maximum absolute atomic E-state index is 12.6. The van der Waals surface area contributed by atoms with Crippen LogP contribution in [-0.2, 0) is 22.5 Å². The van der Waals surface area contributed by atoms with E-state index < -0.39 is 0 Å². The van der Waals surface area contributed by atoms with Gasteiger partial charge in [0.25, 0.3) is 0 Å². The highest BCUT2D eigenvalue weighted by Gasteiger charge is 2.26. The Balaban J connectivity index is 1.11. The van der Waals surface area contributed by atoms with Gasteiger partial charge in [-0.15, -0.1) is 0 Å². The number of nitrogens with zero attached hydrogens (tertiary/aromatic N) is 4. The average Bonchev–Trinajstić information content (AvgIpc) is 2.89. The molecule has 0 atom stereocenters. The number of hydrogen-bond acceptors (Lipinski definition) is 5. The Morgan fingerprint density at radius 2 is 1.41 bits per heavy atom. The molecule has 0 aliphatic carbocycles.